The van der Waals surface area contributed by atoms with Gasteiger partial charge >= 0.3 is 10.2 Å². The highest BCUT2D eigenvalue weighted by molar-refractivity contribution is 7.92. The van der Waals surface area contributed by atoms with Crippen molar-refractivity contribution in [3.8, 4) is 5.75 Å². The maximum absolute atomic E-state index is 12.0. The number of anilines is 1. The van der Waals surface area contributed by atoms with Gasteiger partial charge in [0.2, 0.25) is 0 Å². The number of aryl methyl sites for hydroxylation is 3. The van der Waals surface area contributed by atoms with Crippen molar-refractivity contribution in [1.82, 2.24) is 4.72 Å². The Kier molecular flexibility index (Phi) is 4.44. The predicted octanol–water partition coefficient (Wildman–Crippen LogP) is 2.65. The molecule has 1 amide bonds. The lowest BCUT2D eigenvalue weighted by molar-refractivity contribution is -0.117. The molecule has 26 heavy (non-hydrogen) atoms. The zero-order valence-electron chi connectivity index (χ0n) is 15.2. The summed E-state index contributed by atoms with van der Waals surface area (Å²) >= 11 is 0. The molecule has 1 fully saturated rings. The summed E-state index contributed by atoms with van der Waals surface area (Å²) in [6.07, 6.45) is 0. The van der Waals surface area contributed by atoms with Gasteiger partial charge in [0, 0.05) is 5.92 Å². The third-order valence-corrected chi connectivity index (χ3v) is 6.15. The van der Waals surface area contributed by atoms with Crippen molar-refractivity contribution in [3.63, 3.8) is 0 Å². The molecule has 3 rings (SSSR count). The lowest BCUT2D eigenvalue weighted by Gasteiger charge is -2.21. The highest BCUT2D eigenvalue weighted by atomic mass is 32.2. The summed E-state index contributed by atoms with van der Waals surface area (Å²) in [5.41, 5.74) is 5.71. The van der Waals surface area contributed by atoms with Crippen LogP contribution in [0.1, 0.15) is 40.7 Å². The van der Waals surface area contributed by atoms with Gasteiger partial charge in [-0.25, -0.2) is 9.03 Å². The van der Waals surface area contributed by atoms with Gasteiger partial charge in [-0.1, -0.05) is 30.7 Å². The molecule has 1 aliphatic rings. The maximum Gasteiger partial charge on any atom is 0.326 e. The molecular formula is C19H22N2O4S. The second-order valence-electron chi connectivity index (χ2n) is 6.82. The Morgan fingerprint density at radius 3 is 2.23 bits per heavy atom. The normalized spacial score (nSPS) is 17.2. The highest BCUT2D eigenvalue weighted by Crippen LogP contribution is 2.36. The highest BCUT2D eigenvalue weighted by Gasteiger charge is 2.35. The van der Waals surface area contributed by atoms with Gasteiger partial charge in [0.15, 0.2) is 0 Å². The molecule has 1 saturated heterocycles. The van der Waals surface area contributed by atoms with Crippen LogP contribution in [0.4, 0.5) is 5.69 Å². The number of amides is 1. The van der Waals surface area contributed by atoms with Crippen LogP contribution in [0.25, 0.3) is 0 Å². The molecule has 1 atom stereocenters. The van der Waals surface area contributed by atoms with Crippen LogP contribution < -0.4 is 9.03 Å². The molecule has 1 heterocycles. The van der Waals surface area contributed by atoms with Crippen LogP contribution in [0.15, 0.2) is 30.3 Å². The van der Waals surface area contributed by atoms with Crippen molar-refractivity contribution in [1.29, 1.82) is 0 Å². The average molecular weight is 374 g/mol. The van der Waals surface area contributed by atoms with Crippen molar-refractivity contribution in [3.05, 3.63) is 58.1 Å². The fourth-order valence-corrected chi connectivity index (χ4v) is 4.89. The molecule has 0 spiro atoms. The average Bonchev–Trinajstić information content (AvgIpc) is 2.78. The second kappa shape index (κ2) is 6.32. The first-order valence-electron chi connectivity index (χ1n) is 8.34. The van der Waals surface area contributed by atoms with Crippen LogP contribution >= 0.6 is 0 Å². The number of hydrogen-bond donors (Lipinski definition) is 2. The van der Waals surface area contributed by atoms with Crippen LogP contribution in [0.5, 0.6) is 5.75 Å². The van der Waals surface area contributed by atoms with E-state index in [0.29, 0.717) is 0 Å². The predicted molar refractivity (Wildman–Crippen MR) is 101 cm³/mol. The largest absolute Gasteiger partial charge is 0.506 e. The molecule has 0 radical (unpaired) electrons. The van der Waals surface area contributed by atoms with Crippen molar-refractivity contribution < 1.29 is 18.3 Å². The fraction of sp³-hybridized carbons (Fsp3) is 0.316. The minimum atomic E-state index is -3.94. The topological polar surface area (TPSA) is 86.7 Å². The second-order valence-corrected chi connectivity index (χ2v) is 8.41. The van der Waals surface area contributed by atoms with E-state index in [1.54, 1.807) is 12.1 Å². The van der Waals surface area contributed by atoms with Gasteiger partial charge in [0.05, 0.1) is 5.69 Å². The first kappa shape index (κ1) is 18.3. The lowest BCUT2D eigenvalue weighted by Crippen LogP contribution is -2.29. The molecule has 7 heteroatoms. The number of hydrogen-bond acceptors (Lipinski definition) is 4. The minimum Gasteiger partial charge on any atom is -0.506 e. The van der Waals surface area contributed by atoms with E-state index in [9.17, 15) is 18.3 Å². The van der Waals surface area contributed by atoms with E-state index in [1.807, 2.05) is 4.72 Å². The number of aromatic hydroxyl groups is 1. The van der Waals surface area contributed by atoms with E-state index in [-0.39, 0.29) is 23.9 Å². The molecule has 0 bridgehead atoms. The summed E-state index contributed by atoms with van der Waals surface area (Å²) in [6, 6.07) is 9.15. The summed E-state index contributed by atoms with van der Waals surface area (Å²) in [6.45, 7) is 7.90. The minimum absolute atomic E-state index is 0.0329. The number of benzene rings is 2. The number of rotatable bonds is 3. The van der Waals surface area contributed by atoms with Gasteiger partial charge in [-0.2, -0.15) is 8.42 Å². The van der Waals surface area contributed by atoms with Crippen LogP contribution in [-0.2, 0) is 15.0 Å². The molecule has 2 N–H and O–H groups in total. The summed E-state index contributed by atoms with van der Waals surface area (Å²) < 4.78 is 26.7. The molecule has 2 aromatic rings. The Morgan fingerprint density at radius 1 is 1.12 bits per heavy atom. The zero-order chi connectivity index (χ0) is 19.2. The molecule has 6 nitrogen and oxygen atoms in total. The van der Waals surface area contributed by atoms with Gasteiger partial charge in [0.1, 0.15) is 12.3 Å². The molecule has 1 unspecified atom stereocenters. The van der Waals surface area contributed by atoms with Crippen LogP contribution in [-0.4, -0.2) is 26.0 Å². The SMILES string of the molecule is Cc1cc(C)c(C(C)c2ccc(N3CC(=O)NS3(=O)=O)c(O)c2)c(C)c1. The number of phenolic OH excluding ortho intramolecular Hbond substituents is 1. The number of carbonyl (C=O) groups is 1. The van der Waals surface area contributed by atoms with Crippen molar-refractivity contribution in [2.45, 2.75) is 33.6 Å². The Labute approximate surface area is 153 Å². The van der Waals surface area contributed by atoms with Gasteiger partial charge in [0.25, 0.3) is 5.91 Å². The van der Waals surface area contributed by atoms with Gasteiger partial charge < -0.3 is 5.11 Å². The lowest BCUT2D eigenvalue weighted by atomic mass is 9.86. The van der Waals surface area contributed by atoms with Crippen LogP contribution in [0.3, 0.4) is 0 Å². The standard InChI is InChI=1S/C19H22N2O4S/c1-11-7-12(2)19(13(3)8-11)14(4)15-5-6-16(17(22)9-15)21-10-18(23)20-26(21,24)25/h5-9,14,22H,10H2,1-4H3,(H,20,23). The Balaban J connectivity index is 1.99. The monoisotopic (exact) mass is 374 g/mol. The third kappa shape index (κ3) is 3.14. The number of nitrogens with one attached hydrogen (secondary N) is 1. The van der Waals surface area contributed by atoms with Crippen LogP contribution in [0.2, 0.25) is 0 Å². The summed E-state index contributed by atoms with van der Waals surface area (Å²) in [4.78, 5) is 11.4. The summed E-state index contributed by atoms with van der Waals surface area (Å²) in [5.74, 6) is -0.755. The van der Waals surface area contributed by atoms with Gasteiger partial charge in [-0.05, 0) is 55.2 Å². The molecule has 0 saturated carbocycles. The smallest absolute Gasteiger partial charge is 0.326 e. The molecule has 2 aromatic carbocycles. The van der Waals surface area contributed by atoms with Crippen molar-refractivity contribution in [2.75, 3.05) is 10.8 Å². The Bertz CT molecular complexity index is 976. The quantitative estimate of drug-likeness (QED) is 0.865. The zero-order valence-corrected chi connectivity index (χ0v) is 16.0. The molecule has 138 valence electrons. The Hall–Kier alpha value is -2.54. The first-order valence-corrected chi connectivity index (χ1v) is 9.78. The molecule has 1 aliphatic heterocycles. The molecular weight excluding hydrogens is 352 g/mol. The molecule has 0 aliphatic carbocycles. The van der Waals surface area contributed by atoms with E-state index in [4.69, 9.17) is 0 Å². The molecule has 0 aromatic heterocycles. The van der Waals surface area contributed by atoms with E-state index >= 15 is 0 Å². The van der Waals surface area contributed by atoms with E-state index < -0.39 is 16.1 Å². The Morgan fingerprint density at radius 2 is 1.73 bits per heavy atom. The van der Waals surface area contributed by atoms with E-state index in [1.165, 1.54) is 28.3 Å². The summed E-state index contributed by atoms with van der Waals surface area (Å²) in [5, 5.41) is 10.4. The van der Waals surface area contributed by atoms with Crippen molar-refractivity contribution >= 4 is 21.8 Å². The summed E-state index contributed by atoms with van der Waals surface area (Å²) in [7, 11) is -3.94. The van der Waals surface area contributed by atoms with Gasteiger partial charge in [-0.15, -0.1) is 0 Å². The number of nitrogens with zero attached hydrogens (tertiary/aromatic N) is 1. The van der Waals surface area contributed by atoms with Gasteiger partial charge in [-0.3, -0.25) is 4.79 Å². The maximum atomic E-state index is 12.0. The van der Waals surface area contributed by atoms with Crippen molar-refractivity contribution in [2.24, 2.45) is 0 Å². The van der Waals surface area contributed by atoms with E-state index in [0.717, 1.165) is 9.87 Å². The third-order valence-electron chi connectivity index (χ3n) is 4.76. The fourth-order valence-electron chi connectivity index (χ4n) is 3.72. The number of carbonyl (C=O) groups excluding carboxylic acids is 1. The first-order chi connectivity index (χ1) is 12.1. The van der Waals surface area contributed by atoms with E-state index in [2.05, 4.69) is 39.8 Å². The number of phenols is 1. The van der Waals surface area contributed by atoms with Crippen LogP contribution in [0, 0.1) is 20.8 Å².